The van der Waals surface area contributed by atoms with Crippen molar-refractivity contribution in [3.63, 3.8) is 0 Å². The molecule has 5 aromatic rings. The Morgan fingerprint density at radius 2 is 1.52 bits per heavy atom. The Labute approximate surface area is 203 Å². The SMILES string of the molecule is Nc1c(C(=O)NCc2ccc(Cl)cc2)c2nc3ccccc3nc2n1-c1cc(Cl)cc(Cl)c1. The predicted octanol–water partition coefficient (Wildman–Crippen LogP) is 6.05. The van der Waals surface area contributed by atoms with Crippen LogP contribution in [0.15, 0.2) is 66.7 Å². The number of nitrogens with two attached hydrogens (primary N) is 1. The van der Waals surface area contributed by atoms with Crippen LogP contribution in [-0.4, -0.2) is 20.4 Å². The second-order valence-electron chi connectivity index (χ2n) is 7.42. The van der Waals surface area contributed by atoms with Gasteiger partial charge in [0, 0.05) is 21.6 Å². The second-order valence-corrected chi connectivity index (χ2v) is 8.73. The van der Waals surface area contributed by atoms with Crippen LogP contribution in [-0.2, 0) is 6.54 Å². The Morgan fingerprint density at radius 1 is 0.879 bits per heavy atom. The highest BCUT2D eigenvalue weighted by Gasteiger charge is 2.25. The van der Waals surface area contributed by atoms with E-state index in [1.54, 1.807) is 34.9 Å². The van der Waals surface area contributed by atoms with E-state index in [0.717, 1.165) is 5.56 Å². The number of para-hydroxylation sites is 2. The number of hydrogen-bond donors (Lipinski definition) is 2. The van der Waals surface area contributed by atoms with Gasteiger partial charge in [-0.05, 0) is 48.0 Å². The number of fused-ring (bicyclic) bond motifs is 2. The van der Waals surface area contributed by atoms with Gasteiger partial charge in [-0.15, -0.1) is 0 Å². The molecule has 0 aliphatic rings. The van der Waals surface area contributed by atoms with E-state index in [4.69, 9.17) is 50.5 Å². The number of anilines is 1. The molecule has 2 aromatic heterocycles. The van der Waals surface area contributed by atoms with E-state index in [9.17, 15) is 4.79 Å². The standard InChI is InChI=1S/C24H16Cl3N5O/c25-14-7-5-13(6-8-14)12-29-24(33)20-21-23(31-19-4-2-1-3-18(19)30-21)32(22(20)28)17-10-15(26)9-16(27)11-17/h1-11H,12,28H2,(H,29,33). The summed E-state index contributed by atoms with van der Waals surface area (Å²) in [6.07, 6.45) is 0. The summed E-state index contributed by atoms with van der Waals surface area (Å²) in [7, 11) is 0. The lowest BCUT2D eigenvalue weighted by Gasteiger charge is -2.09. The zero-order valence-corrected chi connectivity index (χ0v) is 19.3. The lowest BCUT2D eigenvalue weighted by atomic mass is 10.2. The van der Waals surface area contributed by atoms with Crippen LogP contribution >= 0.6 is 34.8 Å². The van der Waals surface area contributed by atoms with E-state index in [1.165, 1.54) is 0 Å². The number of nitrogen functional groups attached to an aromatic ring is 1. The smallest absolute Gasteiger partial charge is 0.257 e. The summed E-state index contributed by atoms with van der Waals surface area (Å²) in [5.74, 6) is -0.184. The number of nitrogens with one attached hydrogen (secondary N) is 1. The van der Waals surface area contributed by atoms with Gasteiger partial charge >= 0.3 is 0 Å². The molecular weight excluding hydrogens is 481 g/mol. The molecule has 0 atom stereocenters. The summed E-state index contributed by atoms with van der Waals surface area (Å²) >= 11 is 18.4. The molecule has 0 radical (unpaired) electrons. The fraction of sp³-hybridized carbons (Fsp3) is 0.0417. The van der Waals surface area contributed by atoms with Crippen LogP contribution < -0.4 is 11.1 Å². The van der Waals surface area contributed by atoms with E-state index >= 15 is 0 Å². The summed E-state index contributed by atoms with van der Waals surface area (Å²) in [5.41, 5.74) is 10.4. The van der Waals surface area contributed by atoms with Gasteiger partial charge in [-0.2, -0.15) is 0 Å². The van der Waals surface area contributed by atoms with Crippen molar-refractivity contribution in [1.29, 1.82) is 0 Å². The van der Waals surface area contributed by atoms with Gasteiger partial charge in [-0.3, -0.25) is 9.36 Å². The van der Waals surface area contributed by atoms with Crippen molar-refractivity contribution >= 4 is 68.7 Å². The maximum absolute atomic E-state index is 13.3. The lowest BCUT2D eigenvalue weighted by molar-refractivity contribution is 0.0953. The molecule has 3 aromatic carbocycles. The quantitative estimate of drug-likeness (QED) is 0.317. The molecule has 9 heteroatoms. The molecule has 3 N–H and O–H groups in total. The van der Waals surface area contributed by atoms with Crippen molar-refractivity contribution in [3.8, 4) is 5.69 Å². The van der Waals surface area contributed by atoms with Crippen molar-refractivity contribution in [2.24, 2.45) is 0 Å². The van der Waals surface area contributed by atoms with Crippen molar-refractivity contribution in [2.75, 3.05) is 5.73 Å². The molecule has 1 amide bonds. The molecule has 0 bridgehead atoms. The van der Waals surface area contributed by atoms with Crippen LogP contribution in [0.2, 0.25) is 15.1 Å². The molecule has 0 aliphatic heterocycles. The summed E-state index contributed by atoms with van der Waals surface area (Å²) in [5, 5.41) is 4.40. The Morgan fingerprint density at radius 3 is 2.18 bits per heavy atom. The zero-order chi connectivity index (χ0) is 23.1. The van der Waals surface area contributed by atoms with Crippen molar-refractivity contribution in [1.82, 2.24) is 19.9 Å². The number of amides is 1. The van der Waals surface area contributed by atoms with Gasteiger partial charge in [0.15, 0.2) is 5.65 Å². The van der Waals surface area contributed by atoms with E-state index in [2.05, 4.69) is 5.32 Å². The number of carbonyl (C=O) groups excluding carboxylic acids is 1. The molecule has 0 aliphatic carbocycles. The highest BCUT2D eigenvalue weighted by atomic mass is 35.5. The molecule has 0 unspecified atom stereocenters. The second kappa shape index (κ2) is 8.56. The summed E-state index contributed by atoms with van der Waals surface area (Å²) in [4.78, 5) is 22.7. The summed E-state index contributed by atoms with van der Waals surface area (Å²) in [6, 6.07) is 19.7. The minimum atomic E-state index is -0.371. The van der Waals surface area contributed by atoms with E-state index in [0.29, 0.717) is 49.5 Å². The highest BCUT2D eigenvalue weighted by Crippen LogP contribution is 2.33. The number of carbonyl (C=O) groups is 1. The fourth-order valence-electron chi connectivity index (χ4n) is 3.69. The third-order valence-electron chi connectivity index (χ3n) is 5.20. The third-order valence-corrected chi connectivity index (χ3v) is 5.89. The molecular formula is C24H16Cl3N5O. The van der Waals surface area contributed by atoms with Gasteiger partial charge < -0.3 is 11.1 Å². The summed E-state index contributed by atoms with van der Waals surface area (Å²) < 4.78 is 1.64. The molecule has 2 heterocycles. The number of benzene rings is 3. The molecule has 5 rings (SSSR count). The molecule has 0 fully saturated rings. The molecule has 0 saturated heterocycles. The average Bonchev–Trinajstić information content (AvgIpc) is 3.07. The highest BCUT2D eigenvalue weighted by molar-refractivity contribution is 6.35. The van der Waals surface area contributed by atoms with Gasteiger partial charge in [-0.1, -0.05) is 59.1 Å². The normalized spacial score (nSPS) is 11.2. The van der Waals surface area contributed by atoms with Crippen LogP contribution in [0, 0.1) is 0 Å². The number of hydrogen-bond acceptors (Lipinski definition) is 4. The lowest BCUT2D eigenvalue weighted by Crippen LogP contribution is -2.24. The first-order valence-electron chi connectivity index (χ1n) is 9.96. The first-order valence-corrected chi connectivity index (χ1v) is 11.1. The van der Waals surface area contributed by atoms with Crippen molar-refractivity contribution in [2.45, 2.75) is 6.54 Å². The molecule has 6 nitrogen and oxygen atoms in total. The van der Waals surface area contributed by atoms with Crippen LogP contribution in [0.25, 0.3) is 27.9 Å². The zero-order valence-electron chi connectivity index (χ0n) is 17.0. The van der Waals surface area contributed by atoms with Crippen molar-refractivity contribution < 1.29 is 4.79 Å². The minimum Gasteiger partial charge on any atom is -0.384 e. The predicted molar refractivity (Wildman–Crippen MR) is 133 cm³/mol. The Bertz CT molecular complexity index is 1510. The Balaban J connectivity index is 1.67. The van der Waals surface area contributed by atoms with Crippen molar-refractivity contribution in [3.05, 3.63) is 92.9 Å². The maximum Gasteiger partial charge on any atom is 0.257 e. The number of aromatic nitrogens is 3. The first kappa shape index (κ1) is 21.5. The van der Waals surface area contributed by atoms with Crippen LogP contribution in [0.3, 0.4) is 0 Å². The van der Waals surface area contributed by atoms with E-state index in [-0.39, 0.29) is 17.3 Å². The maximum atomic E-state index is 13.3. The van der Waals surface area contributed by atoms with Crippen LogP contribution in [0.1, 0.15) is 15.9 Å². The molecule has 164 valence electrons. The van der Waals surface area contributed by atoms with Crippen LogP contribution in [0.5, 0.6) is 0 Å². The molecule has 33 heavy (non-hydrogen) atoms. The van der Waals surface area contributed by atoms with Gasteiger partial charge in [-0.25, -0.2) is 9.97 Å². The fourth-order valence-corrected chi connectivity index (χ4v) is 4.33. The number of halogens is 3. The average molecular weight is 497 g/mol. The first-order chi connectivity index (χ1) is 15.9. The van der Waals surface area contributed by atoms with Gasteiger partial charge in [0.2, 0.25) is 0 Å². The van der Waals surface area contributed by atoms with Gasteiger partial charge in [0.05, 0.1) is 16.7 Å². The number of nitrogens with zero attached hydrogens (tertiary/aromatic N) is 3. The molecule has 0 saturated carbocycles. The number of rotatable bonds is 4. The van der Waals surface area contributed by atoms with Crippen LogP contribution in [0.4, 0.5) is 5.82 Å². The van der Waals surface area contributed by atoms with Gasteiger partial charge in [0.25, 0.3) is 5.91 Å². The topological polar surface area (TPSA) is 85.8 Å². The molecule has 0 spiro atoms. The van der Waals surface area contributed by atoms with E-state index in [1.807, 2.05) is 36.4 Å². The van der Waals surface area contributed by atoms with Gasteiger partial charge in [0.1, 0.15) is 16.9 Å². The Kier molecular flexibility index (Phi) is 5.58. The largest absolute Gasteiger partial charge is 0.384 e. The third kappa shape index (κ3) is 4.09. The minimum absolute atomic E-state index is 0.187. The Hall–Kier alpha value is -3.32. The van der Waals surface area contributed by atoms with E-state index < -0.39 is 0 Å². The monoisotopic (exact) mass is 495 g/mol. The summed E-state index contributed by atoms with van der Waals surface area (Å²) in [6.45, 7) is 0.298.